The van der Waals surface area contributed by atoms with Crippen LogP contribution in [0.25, 0.3) is 21.7 Å². The smallest absolute Gasteiger partial charge is 0.338 e. The van der Waals surface area contributed by atoms with Crippen molar-refractivity contribution in [2.24, 2.45) is 5.11 Å². The van der Waals surface area contributed by atoms with E-state index in [-0.39, 0.29) is 16.1 Å². The highest BCUT2D eigenvalue weighted by Crippen LogP contribution is 2.27. The molecule has 2 aromatic rings. The van der Waals surface area contributed by atoms with Crippen LogP contribution in [-0.2, 0) is 19.5 Å². The van der Waals surface area contributed by atoms with Gasteiger partial charge in [-0.1, -0.05) is 17.2 Å². The van der Waals surface area contributed by atoms with Gasteiger partial charge in [-0.25, -0.2) is 13.2 Å². The molecule has 10 nitrogen and oxygen atoms in total. The van der Waals surface area contributed by atoms with Crippen molar-refractivity contribution in [3.05, 3.63) is 52.5 Å². The zero-order valence-electron chi connectivity index (χ0n) is 15.0. The van der Waals surface area contributed by atoms with Crippen molar-refractivity contribution in [3.63, 3.8) is 0 Å². The number of azide groups is 1. The number of carbonyl (C=O) groups excluding carboxylic acids is 1. The summed E-state index contributed by atoms with van der Waals surface area (Å²) in [6.07, 6.45) is 1.26. The monoisotopic (exact) mass is 403 g/mol. The Morgan fingerprint density at radius 2 is 1.96 bits per heavy atom. The van der Waals surface area contributed by atoms with Gasteiger partial charge in [-0.15, -0.1) is 0 Å². The lowest BCUT2D eigenvalue weighted by Gasteiger charge is -2.26. The van der Waals surface area contributed by atoms with E-state index in [2.05, 4.69) is 15.0 Å². The third-order valence-corrected chi connectivity index (χ3v) is 6.11. The molecule has 1 aromatic carbocycles. The minimum absolute atomic E-state index is 0.0459. The zero-order chi connectivity index (χ0) is 20.1. The highest BCUT2D eigenvalue weighted by molar-refractivity contribution is 7.89. The van der Waals surface area contributed by atoms with Gasteiger partial charge in [0, 0.05) is 29.8 Å². The largest absolute Gasteiger partial charge is 0.465 e. The number of nitrogens with zero attached hydrogens (tertiary/aromatic N) is 5. The molecule has 1 saturated heterocycles. The molecule has 0 radical (unpaired) electrons. The van der Waals surface area contributed by atoms with Crippen LogP contribution in [0, 0.1) is 0 Å². The fourth-order valence-electron chi connectivity index (χ4n) is 2.74. The third-order valence-electron chi connectivity index (χ3n) is 4.20. The van der Waals surface area contributed by atoms with E-state index < -0.39 is 16.0 Å². The molecule has 0 spiro atoms. The molecule has 3 rings (SSSR count). The normalized spacial score (nSPS) is 14.9. The first-order chi connectivity index (χ1) is 13.5. The summed E-state index contributed by atoms with van der Waals surface area (Å²) in [5, 5.41) is 3.43. The molecule has 0 amide bonds. The maximum Gasteiger partial charge on any atom is 0.338 e. The second kappa shape index (κ2) is 8.36. The van der Waals surface area contributed by atoms with Gasteiger partial charge in [0.05, 0.1) is 42.2 Å². The SMILES string of the molecule is COC(=O)c1cc(-c2ccc(S(=O)(=O)N3CCOCC3)cc2)ncc1N=[N+]=[N-]. The van der Waals surface area contributed by atoms with Crippen molar-refractivity contribution in [2.45, 2.75) is 4.90 Å². The van der Waals surface area contributed by atoms with Crippen LogP contribution in [0.3, 0.4) is 0 Å². The minimum Gasteiger partial charge on any atom is -0.465 e. The van der Waals surface area contributed by atoms with Gasteiger partial charge in [-0.05, 0) is 23.7 Å². The summed E-state index contributed by atoms with van der Waals surface area (Å²) in [5.74, 6) is -0.669. The van der Waals surface area contributed by atoms with E-state index in [9.17, 15) is 13.2 Å². The molecule has 0 N–H and O–H groups in total. The lowest BCUT2D eigenvalue weighted by Crippen LogP contribution is -2.40. The molecule has 2 heterocycles. The predicted molar refractivity (Wildman–Crippen MR) is 99.4 cm³/mol. The Hall–Kier alpha value is -2.98. The molecule has 1 aliphatic rings. The summed E-state index contributed by atoms with van der Waals surface area (Å²) in [6, 6.07) is 7.61. The van der Waals surface area contributed by atoms with E-state index in [1.54, 1.807) is 12.1 Å². The molecule has 0 atom stereocenters. The number of pyridine rings is 1. The van der Waals surface area contributed by atoms with Crippen molar-refractivity contribution in [1.29, 1.82) is 0 Å². The minimum atomic E-state index is -3.60. The number of ether oxygens (including phenoxy) is 2. The molecule has 1 aliphatic heterocycles. The van der Waals surface area contributed by atoms with Crippen LogP contribution in [-0.4, -0.2) is 57.1 Å². The molecule has 0 saturated carbocycles. The first-order valence-electron chi connectivity index (χ1n) is 8.29. The van der Waals surface area contributed by atoms with Crippen molar-refractivity contribution in [3.8, 4) is 11.3 Å². The number of morpholine rings is 1. The number of aromatic nitrogens is 1. The average Bonchev–Trinajstić information content (AvgIpc) is 2.74. The number of methoxy groups -OCH3 is 1. The van der Waals surface area contributed by atoms with Crippen LogP contribution in [0.15, 0.2) is 46.5 Å². The Morgan fingerprint density at radius 1 is 1.29 bits per heavy atom. The molecule has 1 fully saturated rings. The van der Waals surface area contributed by atoms with Crippen LogP contribution >= 0.6 is 0 Å². The van der Waals surface area contributed by atoms with Crippen LogP contribution < -0.4 is 0 Å². The van der Waals surface area contributed by atoms with Crippen molar-refractivity contribution in [1.82, 2.24) is 9.29 Å². The van der Waals surface area contributed by atoms with Gasteiger partial charge in [0.2, 0.25) is 10.0 Å². The molecule has 0 unspecified atom stereocenters. The average molecular weight is 403 g/mol. The van der Waals surface area contributed by atoms with Crippen LogP contribution in [0.4, 0.5) is 5.69 Å². The third kappa shape index (κ3) is 3.97. The standard InChI is InChI=1S/C17H17N5O5S/c1-26-17(23)14-10-15(19-11-16(14)20-21-18)12-2-4-13(5-3-12)28(24,25)22-6-8-27-9-7-22/h2-5,10-11H,6-9H2,1H3. The van der Waals surface area contributed by atoms with Gasteiger partial charge in [0.1, 0.15) is 0 Å². The Kier molecular flexibility index (Phi) is 5.90. The summed E-state index contributed by atoms with van der Waals surface area (Å²) < 4.78 is 36.6. The first kappa shape index (κ1) is 19.8. The fourth-order valence-corrected chi connectivity index (χ4v) is 4.15. The quantitative estimate of drug-likeness (QED) is 0.326. The van der Waals surface area contributed by atoms with Gasteiger partial charge in [0.15, 0.2) is 0 Å². The zero-order valence-corrected chi connectivity index (χ0v) is 15.8. The number of carbonyl (C=O) groups is 1. The molecule has 0 bridgehead atoms. The molecular weight excluding hydrogens is 386 g/mol. The Balaban J connectivity index is 1.93. The Bertz CT molecular complexity index is 1030. The first-order valence-corrected chi connectivity index (χ1v) is 9.73. The van der Waals surface area contributed by atoms with Crippen LogP contribution in [0.2, 0.25) is 0 Å². The second-order valence-corrected chi connectivity index (χ2v) is 7.75. The number of benzene rings is 1. The second-order valence-electron chi connectivity index (χ2n) is 5.81. The van der Waals surface area contributed by atoms with E-state index in [0.29, 0.717) is 37.6 Å². The number of esters is 1. The summed E-state index contributed by atoms with van der Waals surface area (Å²) in [6.45, 7) is 1.37. The predicted octanol–water partition coefficient (Wildman–Crippen LogP) is 2.50. The van der Waals surface area contributed by atoms with E-state index >= 15 is 0 Å². The summed E-state index contributed by atoms with van der Waals surface area (Å²) in [4.78, 5) is 18.9. The van der Waals surface area contributed by atoms with Gasteiger partial charge in [-0.3, -0.25) is 4.98 Å². The van der Waals surface area contributed by atoms with Gasteiger partial charge >= 0.3 is 5.97 Å². The Labute approximate surface area is 161 Å². The summed E-state index contributed by atoms with van der Waals surface area (Å²) in [5.41, 5.74) is 9.73. The lowest BCUT2D eigenvalue weighted by atomic mass is 10.1. The Morgan fingerprint density at radius 3 is 2.57 bits per heavy atom. The highest BCUT2D eigenvalue weighted by atomic mass is 32.2. The lowest BCUT2D eigenvalue weighted by molar-refractivity contribution is 0.0601. The highest BCUT2D eigenvalue weighted by Gasteiger charge is 2.26. The molecule has 1 aromatic heterocycles. The van der Waals surface area contributed by atoms with E-state index in [0.717, 1.165) is 0 Å². The van der Waals surface area contributed by atoms with Crippen molar-refractivity contribution < 1.29 is 22.7 Å². The van der Waals surface area contributed by atoms with E-state index in [1.807, 2.05) is 0 Å². The van der Waals surface area contributed by atoms with Gasteiger partial charge in [-0.2, -0.15) is 4.31 Å². The van der Waals surface area contributed by atoms with Crippen LogP contribution in [0.1, 0.15) is 10.4 Å². The van der Waals surface area contributed by atoms with Gasteiger partial charge in [0.25, 0.3) is 0 Å². The number of sulfonamides is 1. The molecular formula is C17H17N5O5S. The number of hydrogen-bond acceptors (Lipinski definition) is 7. The maximum absolute atomic E-state index is 12.7. The fraction of sp³-hybridized carbons (Fsp3) is 0.294. The topological polar surface area (TPSA) is 135 Å². The summed E-state index contributed by atoms with van der Waals surface area (Å²) >= 11 is 0. The number of hydrogen-bond donors (Lipinski definition) is 0. The molecule has 146 valence electrons. The van der Waals surface area contributed by atoms with Crippen LogP contribution in [0.5, 0.6) is 0 Å². The maximum atomic E-state index is 12.7. The molecule has 28 heavy (non-hydrogen) atoms. The van der Waals surface area contributed by atoms with Crippen molar-refractivity contribution in [2.75, 3.05) is 33.4 Å². The van der Waals surface area contributed by atoms with Crippen molar-refractivity contribution >= 4 is 21.7 Å². The molecule has 11 heteroatoms. The van der Waals surface area contributed by atoms with E-state index in [1.165, 1.54) is 35.8 Å². The summed E-state index contributed by atoms with van der Waals surface area (Å²) in [7, 11) is -2.38. The number of rotatable bonds is 5. The van der Waals surface area contributed by atoms with E-state index in [4.69, 9.17) is 15.0 Å². The molecule has 0 aliphatic carbocycles. The van der Waals surface area contributed by atoms with Gasteiger partial charge < -0.3 is 9.47 Å².